The predicted molar refractivity (Wildman–Crippen MR) is 92.6 cm³/mol. The topological polar surface area (TPSA) is 111 Å². The Morgan fingerprint density at radius 3 is 2.60 bits per heavy atom. The normalized spacial score (nSPS) is 13.0. The average molecular weight is 343 g/mol. The summed E-state index contributed by atoms with van der Waals surface area (Å²) in [7, 11) is 0. The van der Waals surface area contributed by atoms with Crippen LogP contribution in [0.5, 0.6) is 0 Å². The molecule has 2 aromatic rings. The molecule has 7 nitrogen and oxygen atoms in total. The van der Waals surface area contributed by atoms with Crippen molar-refractivity contribution >= 4 is 28.7 Å². The fourth-order valence-electron chi connectivity index (χ4n) is 2.50. The molecule has 0 aliphatic carbocycles. The number of para-hydroxylation sites is 1. The van der Waals surface area contributed by atoms with Crippen molar-refractivity contribution in [2.24, 2.45) is 11.7 Å². The van der Waals surface area contributed by atoms with Crippen molar-refractivity contribution in [2.75, 3.05) is 6.61 Å². The van der Waals surface area contributed by atoms with E-state index in [0.29, 0.717) is 5.52 Å². The van der Waals surface area contributed by atoms with E-state index in [1.807, 2.05) is 18.2 Å². The molecule has 0 fully saturated rings. The van der Waals surface area contributed by atoms with Crippen molar-refractivity contribution in [3.63, 3.8) is 0 Å². The minimum absolute atomic E-state index is 0.0210. The van der Waals surface area contributed by atoms with Crippen LogP contribution in [0.2, 0.25) is 0 Å². The minimum atomic E-state index is -0.995. The minimum Gasteiger partial charge on any atom is -0.466 e. The number of rotatable bonds is 7. The summed E-state index contributed by atoms with van der Waals surface area (Å²) < 4.78 is 4.86. The van der Waals surface area contributed by atoms with Gasteiger partial charge in [0.2, 0.25) is 5.91 Å². The number of hydrogen-bond donors (Lipinski definition) is 2. The van der Waals surface area contributed by atoms with E-state index < -0.39 is 29.7 Å². The summed E-state index contributed by atoms with van der Waals surface area (Å²) in [5, 5.41) is 3.46. The molecule has 2 atom stereocenters. The van der Waals surface area contributed by atoms with Crippen molar-refractivity contribution in [1.29, 1.82) is 0 Å². The molecule has 25 heavy (non-hydrogen) atoms. The highest BCUT2D eigenvalue weighted by atomic mass is 16.5. The van der Waals surface area contributed by atoms with Gasteiger partial charge in [-0.3, -0.25) is 14.4 Å². The summed E-state index contributed by atoms with van der Waals surface area (Å²) in [5.41, 5.74) is 6.22. The van der Waals surface area contributed by atoms with Crippen LogP contribution >= 0.6 is 0 Å². The van der Waals surface area contributed by atoms with Gasteiger partial charge in [-0.25, -0.2) is 4.98 Å². The highest BCUT2D eigenvalue weighted by Crippen LogP contribution is 2.13. The molecule has 1 heterocycles. The van der Waals surface area contributed by atoms with Crippen LogP contribution in [0.25, 0.3) is 10.9 Å². The Labute approximate surface area is 145 Å². The molecule has 0 aliphatic heterocycles. The van der Waals surface area contributed by atoms with Gasteiger partial charge >= 0.3 is 5.97 Å². The third-order valence-electron chi connectivity index (χ3n) is 3.79. The second-order valence-electron chi connectivity index (χ2n) is 5.73. The van der Waals surface area contributed by atoms with Gasteiger partial charge in [-0.05, 0) is 25.0 Å². The van der Waals surface area contributed by atoms with Gasteiger partial charge in [0.05, 0.1) is 18.5 Å². The van der Waals surface area contributed by atoms with Crippen LogP contribution < -0.4 is 11.1 Å². The van der Waals surface area contributed by atoms with Gasteiger partial charge in [0, 0.05) is 5.39 Å². The first kappa shape index (κ1) is 18.4. The Bertz CT molecular complexity index is 791. The third-order valence-corrected chi connectivity index (χ3v) is 3.79. The molecular weight excluding hydrogens is 322 g/mol. The highest BCUT2D eigenvalue weighted by molar-refractivity contribution is 5.97. The molecule has 7 heteroatoms. The summed E-state index contributed by atoms with van der Waals surface area (Å²) in [6.45, 7) is 3.60. The lowest BCUT2D eigenvalue weighted by Crippen LogP contribution is -2.49. The van der Waals surface area contributed by atoms with Gasteiger partial charge in [-0.2, -0.15) is 0 Å². The number of hydrogen-bond acceptors (Lipinski definition) is 5. The first-order valence-electron chi connectivity index (χ1n) is 8.04. The SMILES string of the molecule is CCOC(=O)C[C@@H](C)[C@@H](NC(=O)c1ccc2ccccc2n1)C(N)=O. The van der Waals surface area contributed by atoms with E-state index in [1.165, 1.54) is 0 Å². The van der Waals surface area contributed by atoms with Crippen molar-refractivity contribution in [1.82, 2.24) is 10.3 Å². The Hall–Kier alpha value is -2.96. The zero-order chi connectivity index (χ0) is 18.4. The maximum Gasteiger partial charge on any atom is 0.306 e. The summed E-state index contributed by atoms with van der Waals surface area (Å²) >= 11 is 0. The monoisotopic (exact) mass is 343 g/mol. The number of fused-ring (bicyclic) bond motifs is 1. The largest absolute Gasteiger partial charge is 0.466 e. The maximum absolute atomic E-state index is 12.4. The Morgan fingerprint density at radius 2 is 1.92 bits per heavy atom. The maximum atomic E-state index is 12.4. The van der Waals surface area contributed by atoms with Crippen molar-refractivity contribution in [3.8, 4) is 0 Å². The van der Waals surface area contributed by atoms with Crippen LogP contribution in [0.3, 0.4) is 0 Å². The predicted octanol–water partition coefficient (Wildman–Crippen LogP) is 1.41. The number of carbonyl (C=O) groups is 3. The molecule has 0 spiro atoms. The fraction of sp³-hybridized carbons (Fsp3) is 0.333. The molecule has 0 aliphatic rings. The molecule has 0 saturated carbocycles. The molecule has 2 rings (SSSR count). The van der Waals surface area contributed by atoms with Gasteiger partial charge < -0.3 is 15.8 Å². The van der Waals surface area contributed by atoms with Crippen molar-refractivity contribution in [2.45, 2.75) is 26.3 Å². The molecule has 3 N–H and O–H groups in total. The first-order valence-corrected chi connectivity index (χ1v) is 8.04. The Kier molecular flexibility index (Phi) is 6.05. The zero-order valence-electron chi connectivity index (χ0n) is 14.2. The molecule has 132 valence electrons. The van der Waals surface area contributed by atoms with Crippen LogP contribution in [0.4, 0.5) is 0 Å². The fourth-order valence-corrected chi connectivity index (χ4v) is 2.50. The van der Waals surface area contributed by atoms with E-state index in [-0.39, 0.29) is 18.7 Å². The van der Waals surface area contributed by atoms with Gasteiger partial charge in [-0.1, -0.05) is 31.2 Å². The second-order valence-corrected chi connectivity index (χ2v) is 5.73. The summed E-state index contributed by atoms with van der Waals surface area (Å²) in [6.07, 6.45) is -0.0210. The zero-order valence-corrected chi connectivity index (χ0v) is 14.2. The quantitative estimate of drug-likeness (QED) is 0.738. The van der Waals surface area contributed by atoms with E-state index in [0.717, 1.165) is 5.39 Å². The molecule has 0 unspecified atom stereocenters. The number of nitrogens with two attached hydrogens (primary N) is 1. The number of benzene rings is 1. The van der Waals surface area contributed by atoms with Crippen LogP contribution in [0.1, 0.15) is 30.8 Å². The number of aromatic nitrogens is 1. The summed E-state index contributed by atoms with van der Waals surface area (Å²) in [6, 6.07) is 9.74. The standard InChI is InChI=1S/C18H21N3O4/c1-3-25-15(22)10-11(2)16(17(19)23)21-18(24)14-9-8-12-6-4-5-7-13(12)20-14/h4-9,11,16H,3,10H2,1-2H3,(H2,19,23)(H,21,24)/t11-,16-/m1/s1. The van der Waals surface area contributed by atoms with Gasteiger partial charge in [0.25, 0.3) is 5.91 Å². The first-order chi connectivity index (χ1) is 11.9. The van der Waals surface area contributed by atoms with Crippen LogP contribution in [0.15, 0.2) is 36.4 Å². The van der Waals surface area contributed by atoms with Crippen LogP contribution in [0, 0.1) is 5.92 Å². The Morgan fingerprint density at radius 1 is 1.20 bits per heavy atom. The molecule has 1 aromatic carbocycles. The summed E-state index contributed by atoms with van der Waals surface area (Å²) in [5.74, 6) is -2.18. The summed E-state index contributed by atoms with van der Waals surface area (Å²) in [4.78, 5) is 40.0. The number of amides is 2. The van der Waals surface area contributed by atoms with Crippen molar-refractivity contribution in [3.05, 3.63) is 42.1 Å². The smallest absolute Gasteiger partial charge is 0.306 e. The molecule has 0 saturated heterocycles. The molecule has 0 radical (unpaired) electrons. The molecule has 0 bridgehead atoms. The number of primary amides is 1. The van der Waals surface area contributed by atoms with Gasteiger partial charge in [0.1, 0.15) is 11.7 Å². The number of nitrogens with one attached hydrogen (secondary N) is 1. The molecule has 1 aromatic heterocycles. The average Bonchev–Trinajstić information content (AvgIpc) is 2.58. The van der Waals surface area contributed by atoms with Gasteiger partial charge in [0.15, 0.2) is 0 Å². The van der Waals surface area contributed by atoms with Crippen LogP contribution in [-0.4, -0.2) is 35.4 Å². The van der Waals surface area contributed by atoms with Crippen molar-refractivity contribution < 1.29 is 19.1 Å². The highest BCUT2D eigenvalue weighted by Gasteiger charge is 2.28. The van der Waals surface area contributed by atoms with E-state index in [4.69, 9.17) is 10.5 Å². The van der Waals surface area contributed by atoms with E-state index in [9.17, 15) is 14.4 Å². The van der Waals surface area contributed by atoms with E-state index in [1.54, 1.807) is 32.0 Å². The van der Waals surface area contributed by atoms with E-state index in [2.05, 4.69) is 10.3 Å². The number of esters is 1. The molecule has 2 amide bonds. The Balaban J connectivity index is 2.13. The number of pyridine rings is 1. The number of carbonyl (C=O) groups excluding carboxylic acids is 3. The van der Waals surface area contributed by atoms with E-state index >= 15 is 0 Å². The lowest BCUT2D eigenvalue weighted by atomic mass is 9.97. The van der Waals surface area contributed by atoms with Gasteiger partial charge in [-0.15, -0.1) is 0 Å². The third kappa shape index (κ3) is 4.76. The lowest BCUT2D eigenvalue weighted by molar-refractivity contribution is -0.144. The molecular formula is C18H21N3O4. The number of nitrogens with zero attached hydrogens (tertiary/aromatic N) is 1. The second kappa shape index (κ2) is 8.23. The number of ether oxygens (including phenoxy) is 1. The lowest BCUT2D eigenvalue weighted by Gasteiger charge is -2.21. The van der Waals surface area contributed by atoms with Crippen LogP contribution in [-0.2, 0) is 14.3 Å².